The number of rotatable bonds is 4. The van der Waals surface area contributed by atoms with Gasteiger partial charge in [0.15, 0.2) is 0 Å². The summed E-state index contributed by atoms with van der Waals surface area (Å²) >= 11 is 0. The number of nitrogens with zero attached hydrogens (tertiary/aromatic N) is 6. The standard InChI is InChI=1S/C26H25FN6/c1-3-17-8-10-33(11-9-17)24-15-29-25(19-5-7-21-16-32(2)31-23(21)13-19)26(30-24)18-4-6-20(14-28)22(27)12-18/h4-7,12-13,15-17H,3,8-11H2,1-2H3. The third-order valence-electron chi connectivity index (χ3n) is 6.53. The van der Waals surface area contributed by atoms with Crippen molar-refractivity contribution in [2.75, 3.05) is 18.0 Å². The molecular weight excluding hydrogens is 415 g/mol. The van der Waals surface area contributed by atoms with Crippen LogP contribution in [-0.4, -0.2) is 32.8 Å². The van der Waals surface area contributed by atoms with Crippen LogP contribution in [0.4, 0.5) is 10.2 Å². The molecule has 166 valence electrons. The summed E-state index contributed by atoms with van der Waals surface area (Å²) in [5.74, 6) is 0.995. The highest BCUT2D eigenvalue weighted by Crippen LogP contribution is 2.34. The summed E-state index contributed by atoms with van der Waals surface area (Å²) in [4.78, 5) is 12.0. The number of benzene rings is 2. The Morgan fingerprint density at radius 2 is 1.85 bits per heavy atom. The topological polar surface area (TPSA) is 70.6 Å². The molecule has 0 amide bonds. The first-order chi connectivity index (χ1) is 16.1. The third kappa shape index (κ3) is 4.05. The van der Waals surface area contributed by atoms with Gasteiger partial charge in [-0.3, -0.25) is 9.67 Å². The molecule has 1 saturated heterocycles. The molecule has 4 aromatic rings. The third-order valence-corrected chi connectivity index (χ3v) is 6.53. The molecule has 0 N–H and O–H groups in total. The van der Waals surface area contributed by atoms with E-state index in [0.29, 0.717) is 17.0 Å². The van der Waals surface area contributed by atoms with Crippen LogP contribution < -0.4 is 4.90 Å². The fourth-order valence-electron chi connectivity index (χ4n) is 4.55. The average Bonchev–Trinajstić information content (AvgIpc) is 3.23. The lowest BCUT2D eigenvalue weighted by molar-refractivity contribution is 0.393. The summed E-state index contributed by atoms with van der Waals surface area (Å²) in [7, 11) is 1.89. The highest BCUT2D eigenvalue weighted by Gasteiger charge is 2.21. The Balaban J connectivity index is 1.61. The van der Waals surface area contributed by atoms with E-state index in [2.05, 4.69) is 16.9 Å². The second-order valence-corrected chi connectivity index (χ2v) is 8.65. The van der Waals surface area contributed by atoms with Gasteiger partial charge >= 0.3 is 0 Å². The quantitative estimate of drug-likeness (QED) is 0.429. The first-order valence-corrected chi connectivity index (χ1v) is 11.3. The smallest absolute Gasteiger partial charge is 0.147 e. The minimum Gasteiger partial charge on any atom is -0.355 e. The highest BCUT2D eigenvalue weighted by molar-refractivity contribution is 5.87. The van der Waals surface area contributed by atoms with Crippen molar-refractivity contribution in [3.05, 3.63) is 60.2 Å². The van der Waals surface area contributed by atoms with Crippen molar-refractivity contribution in [1.82, 2.24) is 19.7 Å². The van der Waals surface area contributed by atoms with Crippen molar-refractivity contribution in [1.29, 1.82) is 5.26 Å². The molecule has 1 fully saturated rings. The van der Waals surface area contributed by atoms with Gasteiger partial charge in [0.1, 0.15) is 17.7 Å². The predicted molar refractivity (Wildman–Crippen MR) is 127 cm³/mol. The largest absolute Gasteiger partial charge is 0.355 e. The monoisotopic (exact) mass is 440 g/mol. The molecule has 0 atom stereocenters. The molecule has 0 aliphatic carbocycles. The SMILES string of the molecule is CCC1CCN(c2cnc(-c3ccc4cn(C)nc4c3)c(-c3ccc(C#N)c(F)c3)n2)CC1. The zero-order valence-electron chi connectivity index (χ0n) is 18.8. The van der Waals surface area contributed by atoms with Crippen LogP contribution >= 0.6 is 0 Å². The number of nitriles is 1. The van der Waals surface area contributed by atoms with Crippen LogP contribution in [0.1, 0.15) is 31.7 Å². The number of halogens is 1. The summed E-state index contributed by atoms with van der Waals surface area (Å²) < 4.78 is 16.3. The van der Waals surface area contributed by atoms with Crippen molar-refractivity contribution in [3.63, 3.8) is 0 Å². The molecule has 6 nitrogen and oxygen atoms in total. The minimum atomic E-state index is -0.558. The Labute approximate surface area is 192 Å². The number of hydrogen-bond donors (Lipinski definition) is 0. The van der Waals surface area contributed by atoms with Crippen LogP contribution in [0.5, 0.6) is 0 Å². The second kappa shape index (κ2) is 8.62. The van der Waals surface area contributed by atoms with E-state index < -0.39 is 5.82 Å². The van der Waals surface area contributed by atoms with Crippen molar-refractivity contribution in [2.45, 2.75) is 26.2 Å². The molecule has 0 unspecified atom stereocenters. The number of fused-ring (bicyclic) bond motifs is 1. The van der Waals surface area contributed by atoms with Crippen molar-refractivity contribution in [2.24, 2.45) is 13.0 Å². The minimum absolute atomic E-state index is 0.0148. The normalized spacial score (nSPS) is 14.5. The van der Waals surface area contributed by atoms with E-state index in [1.165, 1.54) is 18.6 Å². The number of hydrogen-bond acceptors (Lipinski definition) is 5. The lowest BCUT2D eigenvalue weighted by Gasteiger charge is -2.32. The average molecular weight is 441 g/mol. The van der Waals surface area contributed by atoms with Crippen LogP contribution in [0.3, 0.4) is 0 Å². The molecule has 5 rings (SSSR count). The molecular formula is C26H25FN6. The van der Waals surface area contributed by atoms with Gasteiger partial charge in [0, 0.05) is 42.8 Å². The Bertz CT molecular complexity index is 1360. The van der Waals surface area contributed by atoms with E-state index in [4.69, 9.17) is 15.2 Å². The van der Waals surface area contributed by atoms with Crippen molar-refractivity contribution >= 4 is 16.7 Å². The number of anilines is 1. The molecule has 1 aliphatic heterocycles. The lowest BCUT2D eigenvalue weighted by Crippen LogP contribution is -2.34. The van der Waals surface area contributed by atoms with Crippen LogP contribution in [0.25, 0.3) is 33.4 Å². The summed E-state index contributed by atoms with van der Waals surface area (Å²) in [6, 6.07) is 12.5. The van der Waals surface area contributed by atoms with Crippen LogP contribution in [0, 0.1) is 23.1 Å². The lowest BCUT2D eigenvalue weighted by atomic mass is 9.94. The molecule has 3 heterocycles. The van der Waals surface area contributed by atoms with Gasteiger partial charge in [-0.2, -0.15) is 10.4 Å². The predicted octanol–water partition coefficient (Wildman–Crippen LogP) is 5.33. The maximum absolute atomic E-state index is 14.5. The number of aromatic nitrogens is 4. The molecule has 1 aliphatic rings. The second-order valence-electron chi connectivity index (χ2n) is 8.65. The van der Waals surface area contributed by atoms with Gasteiger partial charge < -0.3 is 4.90 Å². The van der Waals surface area contributed by atoms with E-state index in [1.807, 2.05) is 43.7 Å². The summed E-state index contributed by atoms with van der Waals surface area (Å²) in [6.45, 7) is 4.12. The van der Waals surface area contributed by atoms with Crippen LogP contribution in [0.2, 0.25) is 0 Å². The van der Waals surface area contributed by atoms with Crippen LogP contribution in [-0.2, 0) is 7.05 Å². The zero-order chi connectivity index (χ0) is 22.9. The first kappa shape index (κ1) is 21.1. The molecule has 0 radical (unpaired) electrons. The molecule has 2 aromatic heterocycles. The Hall–Kier alpha value is -3.79. The highest BCUT2D eigenvalue weighted by atomic mass is 19.1. The molecule has 0 spiro atoms. The summed E-state index contributed by atoms with van der Waals surface area (Å²) in [5, 5.41) is 14.7. The molecule has 0 saturated carbocycles. The maximum Gasteiger partial charge on any atom is 0.147 e. The van der Waals surface area contributed by atoms with Gasteiger partial charge in [0.25, 0.3) is 0 Å². The Morgan fingerprint density at radius 1 is 1.09 bits per heavy atom. The number of piperidine rings is 1. The Morgan fingerprint density at radius 3 is 2.58 bits per heavy atom. The summed E-state index contributed by atoms with van der Waals surface area (Å²) in [5.41, 5.74) is 3.60. The molecule has 7 heteroatoms. The Kier molecular flexibility index (Phi) is 5.51. The first-order valence-electron chi connectivity index (χ1n) is 11.3. The van der Waals surface area contributed by atoms with Gasteiger partial charge in [0.05, 0.1) is 28.7 Å². The van der Waals surface area contributed by atoms with E-state index in [0.717, 1.165) is 54.1 Å². The van der Waals surface area contributed by atoms with Gasteiger partial charge in [-0.05, 0) is 37.0 Å². The van der Waals surface area contributed by atoms with Gasteiger partial charge in [-0.15, -0.1) is 0 Å². The van der Waals surface area contributed by atoms with E-state index in [1.54, 1.807) is 10.7 Å². The fraction of sp³-hybridized carbons (Fsp3) is 0.308. The van der Waals surface area contributed by atoms with Gasteiger partial charge in [0.2, 0.25) is 0 Å². The van der Waals surface area contributed by atoms with Gasteiger partial charge in [-0.1, -0.05) is 31.5 Å². The van der Waals surface area contributed by atoms with Crippen LogP contribution in [0.15, 0.2) is 48.8 Å². The van der Waals surface area contributed by atoms with Gasteiger partial charge in [-0.25, -0.2) is 9.37 Å². The van der Waals surface area contributed by atoms with Crippen molar-refractivity contribution in [3.8, 4) is 28.6 Å². The molecule has 33 heavy (non-hydrogen) atoms. The zero-order valence-corrected chi connectivity index (χ0v) is 18.8. The maximum atomic E-state index is 14.5. The fourth-order valence-corrected chi connectivity index (χ4v) is 4.55. The molecule has 2 aromatic carbocycles. The van der Waals surface area contributed by atoms with E-state index in [9.17, 15) is 4.39 Å². The van der Waals surface area contributed by atoms with E-state index in [-0.39, 0.29) is 5.56 Å². The molecule has 0 bridgehead atoms. The number of aryl methyl sites for hydroxylation is 1. The van der Waals surface area contributed by atoms with Crippen molar-refractivity contribution < 1.29 is 4.39 Å². The van der Waals surface area contributed by atoms with E-state index >= 15 is 0 Å². The summed E-state index contributed by atoms with van der Waals surface area (Å²) in [6.07, 6.45) is 7.25.